The van der Waals surface area contributed by atoms with Gasteiger partial charge in [-0.25, -0.2) is 18.6 Å². The van der Waals surface area contributed by atoms with Crippen molar-refractivity contribution in [2.24, 2.45) is 5.10 Å². The maximum absolute atomic E-state index is 12.5. The van der Waals surface area contributed by atoms with Crippen LogP contribution in [-0.4, -0.2) is 26.5 Å². The number of ether oxygens (including phenoxy) is 1. The number of nitrogens with one attached hydrogen (secondary N) is 2. The largest absolute Gasteiger partial charge is 0.423 e. The molecule has 0 fully saturated rings. The summed E-state index contributed by atoms with van der Waals surface area (Å²) >= 11 is 5.80. The zero-order valence-corrected chi connectivity index (χ0v) is 20.7. The minimum absolute atomic E-state index is 0.0652. The monoisotopic (exact) mass is 533 g/mol. The van der Waals surface area contributed by atoms with E-state index in [0.29, 0.717) is 27.6 Å². The summed E-state index contributed by atoms with van der Waals surface area (Å²) in [5.74, 6) is -0.559. The third-order valence-electron chi connectivity index (χ3n) is 5.00. The van der Waals surface area contributed by atoms with Crippen LogP contribution in [0.3, 0.4) is 0 Å². The van der Waals surface area contributed by atoms with Gasteiger partial charge < -0.3 is 4.74 Å². The minimum Gasteiger partial charge on any atom is -0.423 e. The Morgan fingerprint density at radius 3 is 2.08 bits per heavy atom. The Labute approximate surface area is 218 Å². The average molecular weight is 534 g/mol. The second kappa shape index (κ2) is 11.5. The number of amides is 1. The van der Waals surface area contributed by atoms with Gasteiger partial charge in [0.25, 0.3) is 15.9 Å². The number of anilines is 1. The van der Waals surface area contributed by atoms with E-state index in [-0.39, 0.29) is 10.5 Å². The van der Waals surface area contributed by atoms with Crippen molar-refractivity contribution in [3.63, 3.8) is 0 Å². The number of esters is 1. The number of hydrogen-bond acceptors (Lipinski definition) is 6. The van der Waals surface area contributed by atoms with Gasteiger partial charge in [0, 0.05) is 16.3 Å². The van der Waals surface area contributed by atoms with Crippen molar-refractivity contribution >= 4 is 45.4 Å². The first-order chi connectivity index (χ1) is 17.8. The predicted molar refractivity (Wildman–Crippen MR) is 142 cm³/mol. The van der Waals surface area contributed by atoms with Gasteiger partial charge >= 0.3 is 5.97 Å². The fraction of sp³-hybridized carbons (Fsp3) is 0. The maximum Gasteiger partial charge on any atom is 0.343 e. The topological polar surface area (TPSA) is 114 Å². The molecule has 10 heteroatoms. The second-order valence-electron chi connectivity index (χ2n) is 7.66. The summed E-state index contributed by atoms with van der Waals surface area (Å²) in [5.41, 5.74) is 4.11. The highest BCUT2D eigenvalue weighted by molar-refractivity contribution is 7.92. The number of benzene rings is 4. The standard InChI is InChI=1S/C27H20ClN3O5S/c28-22-10-16-25(17-11-22)37(34,35)31-23-12-8-20(9-13-23)26(32)30-29-18-19-6-14-24(15-7-19)36-27(33)21-4-2-1-3-5-21/h1-18,31H,(H,30,32)/b29-18+. The van der Waals surface area contributed by atoms with Gasteiger partial charge in [-0.3, -0.25) is 9.52 Å². The fourth-order valence-corrected chi connectivity index (χ4v) is 4.29. The van der Waals surface area contributed by atoms with Crippen molar-refractivity contribution in [2.75, 3.05) is 4.72 Å². The van der Waals surface area contributed by atoms with Gasteiger partial charge in [-0.15, -0.1) is 0 Å². The van der Waals surface area contributed by atoms with Crippen LogP contribution < -0.4 is 14.9 Å². The number of hydrazone groups is 1. The van der Waals surface area contributed by atoms with Crippen LogP contribution in [-0.2, 0) is 10.0 Å². The molecule has 2 N–H and O–H groups in total. The Morgan fingerprint density at radius 1 is 0.784 bits per heavy atom. The molecule has 4 aromatic carbocycles. The van der Waals surface area contributed by atoms with Crippen LogP contribution in [0.4, 0.5) is 5.69 Å². The van der Waals surface area contributed by atoms with Gasteiger partial charge in [0.05, 0.1) is 16.7 Å². The summed E-state index contributed by atoms with van der Waals surface area (Å²) in [7, 11) is -3.79. The molecule has 0 saturated heterocycles. The van der Waals surface area contributed by atoms with Crippen LogP contribution in [0.2, 0.25) is 5.02 Å². The smallest absolute Gasteiger partial charge is 0.343 e. The van der Waals surface area contributed by atoms with E-state index in [1.54, 1.807) is 48.5 Å². The van der Waals surface area contributed by atoms with E-state index in [0.717, 1.165) is 0 Å². The molecule has 0 radical (unpaired) electrons. The first kappa shape index (κ1) is 25.6. The van der Waals surface area contributed by atoms with Crippen LogP contribution in [0.15, 0.2) is 113 Å². The average Bonchev–Trinajstić information content (AvgIpc) is 2.90. The summed E-state index contributed by atoms with van der Waals surface area (Å²) < 4.78 is 32.7. The van der Waals surface area contributed by atoms with Crippen LogP contribution in [0.5, 0.6) is 5.75 Å². The number of nitrogens with zero attached hydrogens (tertiary/aromatic N) is 1. The maximum atomic E-state index is 12.5. The van der Waals surface area contributed by atoms with Crippen molar-refractivity contribution < 1.29 is 22.7 Å². The van der Waals surface area contributed by atoms with E-state index >= 15 is 0 Å². The summed E-state index contributed by atoms with van der Waals surface area (Å²) in [6.45, 7) is 0. The highest BCUT2D eigenvalue weighted by Gasteiger charge is 2.14. The minimum atomic E-state index is -3.79. The number of sulfonamides is 1. The molecule has 0 atom stereocenters. The van der Waals surface area contributed by atoms with Crippen molar-refractivity contribution in [1.82, 2.24) is 5.43 Å². The Morgan fingerprint density at radius 2 is 1.43 bits per heavy atom. The Bertz CT molecular complexity index is 1520. The molecule has 4 rings (SSSR count). The number of carbonyl (C=O) groups is 2. The van der Waals surface area contributed by atoms with E-state index in [4.69, 9.17) is 16.3 Å². The van der Waals surface area contributed by atoms with Crippen molar-refractivity contribution in [3.8, 4) is 5.75 Å². The van der Waals surface area contributed by atoms with E-state index < -0.39 is 21.9 Å². The molecule has 0 unspecified atom stereocenters. The van der Waals surface area contributed by atoms with Crippen molar-refractivity contribution in [1.29, 1.82) is 0 Å². The molecule has 0 saturated carbocycles. The Kier molecular flexibility index (Phi) is 7.97. The first-order valence-electron chi connectivity index (χ1n) is 10.9. The molecular formula is C27H20ClN3O5S. The zero-order valence-electron chi connectivity index (χ0n) is 19.2. The van der Waals surface area contributed by atoms with Gasteiger partial charge in [0.2, 0.25) is 0 Å². The molecular weight excluding hydrogens is 514 g/mol. The van der Waals surface area contributed by atoms with E-state index in [2.05, 4.69) is 15.2 Å². The van der Waals surface area contributed by atoms with E-state index in [1.807, 2.05) is 6.07 Å². The number of rotatable bonds is 8. The molecule has 0 heterocycles. The Balaban J connectivity index is 1.30. The molecule has 0 aliphatic heterocycles. The summed E-state index contributed by atoms with van der Waals surface area (Å²) in [6.07, 6.45) is 1.44. The normalized spacial score (nSPS) is 11.2. The van der Waals surface area contributed by atoms with Crippen LogP contribution >= 0.6 is 11.6 Å². The van der Waals surface area contributed by atoms with Gasteiger partial charge in [-0.1, -0.05) is 29.8 Å². The molecule has 0 aromatic heterocycles. The molecule has 1 amide bonds. The zero-order chi connectivity index (χ0) is 26.3. The summed E-state index contributed by atoms with van der Waals surface area (Å²) in [6, 6.07) is 26.9. The number of hydrogen-bond donors (Lipinski definition) is 2. The van der Waals surface area contributed by atoms with Crippen molar-refractivity contribution in [2.45, 2.75) is 4.90 Å². The van der Waals surface area contributed by atoms with Crippen LogP contribution in [0.1, 0.15) is 26.3 Å². The highest BCUT2D eigenvalue weighted by atomic mass is 35.5. The quantitative estimate of drug-likeness (QED) is 0.141. The molecule has 186 valence electrons. The van der Waals surface area contributed by atoms with Crippen molar-refractivity contribution in [3.05, 3.63) is 125 Å². The number of carbonyl (C=O) groups excluding carboxylic acids is 2. The summed E-state index contributed by atoms with van der Waals surface area (Å²) in [5, 5.41) is 4.36. The van der Waals surface area contributed by atoms with Gasteiger partial charge in [-0.05, 0) is 90.5 Å². The lowest BCUT2D eigenvalue weighted by Crippen LogP contribution is -2.18. The lowest BCUT2D eigenvalue weighted by atomic mass is 10.2. The van der Waals surface area contributed by atoms with Crippen LogP contribution in [0.25, 0.3) is 0 Å². The lowest BCUT2D eigenvalue weighted by molar-refractivity contribution is 0.0734. The van der Waals surface area contributed by atoms with Gasteiger partial charge in [-0.2, -0.15) is 5.10 Å². The summed E-state index contributed by atoms with van der Waals surface area (Å²) in [4.78, 5) is 24.5. The SMILES string of the molecule is O=C(N/N=C/c1ccc(OC(=O)c2ccccc2)cc1)c1ccc(NS(=O)(=O)c2ccc(Cl)cc2)cc1. The third-order valence-corrected chi connectivity index (χ3v) is 6.65. The van der Waals surface area contributed by atoms with E-state index in [1.165, 1.54) is 54.7 Å². The molecule has 0 spiro atoms. The third kappa shape index (κ3) is 7.03. The molecule has 0 aliphatic rings. The number of halogens is 1. The van der Waals surface area contributed by atoms with Gasteiger partial charge in [0.15, 0.2) is 0 Å². The predicted octanol–water partition coefficient (Wildman–Crippen LogP) is 5.12. The highest BCUT2D eigenvalue weighted by Crippen LogP contribution is 2.19. The molecule has 4 aromatic rings. The van der Waals surface area contributed by atoms with Gasteiger partial charge in [0.1, 0.15) is 5.75 Å². The Hall–Kier alpha value is -4.47. The first-order valence-corrected chi connectivity index (χ1v) is 12.8. The van der Waals surface area contributed by atoms with E-state index in [9.17, 15) is 18.0 Å². The molecule has 37 heavy (non-hydrogen) atoms. The van der Waals surface area contributed by atoms with Crippen LogP contribution in [0, 0.1) is 0 Å². The molecule has 0 bridgehead atoms. The lowest BCUT2D eigenvalue weighted by Gasteiger charge is -2.09. The molecule has 0 aliphatic carbocycles. The fourth-order valence-electron chi connectivity index (χ4n) is 3.11. The second-order valence-corrected chi connectivity index (χ2v) is 9.78. The molecule has 8 nitrogen and oxygen atoms in total.